The first-order valence-corrected chi connectivity index (χ1v) is 4.59. The number of aryl methyl sites for hydroxylation is 1. The van der Waals surface area contributed by atoms with Crippen molar-refractivity contribution < 1.29 is 13.6 Å². The van der Waals surface area contributed by atoms with Crippen LogP contribution in [0, 0.1) is 6.92 Å². The molecule has 0 aliphatic carbocycles. The first kappa shape index (κ1) is 11.0. The molecule has 1 heterocycles. The number of amides is 1. The van der Waals surface area contributed by atoms with Crippen molar-refractivity contribution in [3.05, 3.63) is 11.1 Å². The number of aromatic nitrogens is 1. The number of rotatable bonds is 3. The summed E-state index contributed by atoms with van der Waals surface area (Å²) in [4.78, 5) is 15.4. The van der Waals surface area contributed by atoms with Crippen LogP contribution in [-0.2, 0) is 4.79 Å². The Bertz CT molecular complexity index is 339. The number of thiazole rings is 1. The van der Waals surface area contributed by atoms with Gasteiger partial charge in [-0.1, -0.05) is 0 Å². The zero-order valence-electron chi connectivity index (χ0n) is 7.38. The summed E-state index contributed by atoms with van der Waals surface area (Å²) >= 11 is 1.13. The van der Waals surface area contributed by atoms with E-state index in [4.69, 9.17) is 5.73 Å². The van der Waals surface area contributed by atoms with Gasteiger partial charge in [-0.2, -0.15) is 8.78 Å². The van der Waals surface area contributed by atoms with Crippen LogP contribution >= 0.6 is 11.3 Å². The van der Waals surface area contributed by atoms with Crippen LogP contribution < -0.4 is 11.1 Å². The quantitative estimate of drug-likeness (QED) is 0.799. The standard InChI is InChI=1S/C7H9F2N3OS/c1-4-2-11-6(14-4)12-5(13)7(8,9)3-10/h2H,3,10H2,1H3,(H,11,12,13). The van der Waals surface area contributed by atoms with Gasteiger partial charge in [0.15, 0.2) is 5.13 Å². The van der Waals surface area contributed by atoms with Gasteiger partial charge >= 0.3 is 5.92 Å². The molecule has 0 unspecified atom stereocenters. The molecule has 0 aliphatic rings. The second-order valence-electron chi connectivity index (χ2n) is 2.64. The Morgan fingerprint density at radius 2 is 2.43 bits per heavy atom. The van der Waals surface area contributed by atoms with Crippen molar-refractivity contribution in [1.29, 1.82) is 0 Å². The zero-order valence-corrected chi connectivity index (χ0v) is 8.20. The second-order valence-corrected chi connectivity index (χ2v) is 3.87. The van der Waals surface area contributed by atoms with Crippen molar-refractivity contribution in [2.24, 2.45) is 5.73 Å². The Labute approximate surface area is 83.1 Å². The molecular formula is C7H9F2N3OS. The van der Waals surface area contributed by atoms with E-state index in [0.717, 1.165) is 16.2 Å². The largest absolute Gasteiger partial charge is 0.336 e. The summed E-state index contributed by atoms with van der Waals surface area (Å²) in [5, 5.41) is 2.15. The number of hydrogen-bond donors (Lipinski definition) is 2. The van der Waals surface area contributed by atoms with Crippen molar-refractivity contribution in [3.8, 4) is 0 Å². The Hall–Kier alpha value is -1.08. The van der Waals surface area contributed by atoms with E-state index in [2.05, 4.69) is 4.98 Å². The van der Waals surface area contributed by atoms with Gasteiger partial charge < -0.3 is 5.73 Å². The highest BCUT2D eigenvalue weighted by Crippen LogP contribution is 2.19. The normalized spacial score (nSPS) is 11.4. The van der Waals surface area contributed by atoms with E-state index in [-0.39, 0.29) is 5.13 Å². The maximum atomic E-state index is 12.7. The highest BCUT2D eigenvalue weighted by Gasteiger charge is 2.37. The monoisotopic (exact) mass is 221 g/mol. The number of nitrogens with zero attached hydrogens (tertiary/aromatic N) is 1. The number of carbonyl (C=O) groups excluding carboxylic acids is 1. The van der Waals surface area contributed by atoms with Crippen LogP contribution in [0.15, 0.2) is 6.20 Å². The summed E-state index contributed by atoms with van der Waals surface area (Å²) in [5.74, 6) is -4.96. The van der Waals surface area contributed by atoms with E-state index >= 15 is 0 Å². The zero-order chi connectivity index (χ0) is 10.8. The van der Waals surface area contributed by atoms with Gasteiger partial charge in [-0.3, -0.25) is 10.1 Å². The molecule has 0 atom stereocenters. The highest BCUT2D eigenvalue weighted by molar-refractivity contribution is 7.15. The van der Waals surface area contributed by atoms with Gasteiger partial charge in [0.25, 0.3) is 5.91 Å². The lowest BCUT2D eigenvalue weighted by atomic mass is 10.3. The third kappa shape index (κ3) is 2.46. The topological polar surface area (TPSA) is 68.0 Å². The lowest BCUT2D eigenvalue weighted by molar-refractivity contribution is -0.138. The Morgan fingerprint density at radius 3 is 2.86 bits per heavy atom. The van der Waals surface area contributed by atoms with Gasteiger partial charge in [-0.15, -0.1) is 11.3 Å². The molecule has 0 spiro atoms. The summed E-state index contributed by atoms with van der Waals surface area (Å²) in [7, 11) is 0. The van der Waals surface area contributed by atoms with Crippen molar-refractivity contribution >= 4 is 22.4 Å². The molecule has 0 saturated heterocycles. The van der Waals surface area contributed by atoms with E-state index < -0.39 is 18.4 Å². The number of nitrogens with two attached hydrogens (primary N) is 1. The first-order valence-electron chi connectivity index (χ1n) is 3.77. The summed E-state index contributed by atoms with van der Waals surface area (Å²) < 4.78 is 25.4. The molecule has 1 aromatic heterocycles. The molecule has 0 fully saturated rings. The van der Waals surface area contributed by atoms with Gasteiger partial charge in [-0.05, 0) is 6.92 Å². The highest BCUT2D eigenvalue weighted by atomic mass is 32.1. The number of nitrogens with one attached hydrogen (secondary N) is 1. The van der Waals surface area contributed by atoms with Crippen LogP contribution in [0.3, 0.4) is 0 Å². The van der Waals surface area contributed by atoms with Crippen LogP contribution in [0.2, 0.25) is 0 Å². The summed E-state index contributed by atoms with van der Waals surface area (Å²) in [5.41, 5.74) is 4.74. The number of halogens is 2. The Morgan fingerprint density at radius 1 is 1.79 bits per heavy atom. The molecule has 3 N–H and O–H groups in total. The Kier molecular flexibility index (Phi) is 3.12. The van der Waals surface area contributed by atoms with Crippen LogP contribution in [0.5, 0.6) is 0 Å². The Balaban J connectivity index is 2.66. The van der Waals surface area contributed by atoms with Crippen LogP contribution in [0.4, 0.5) is 13.9 Å². The van der Waals surface area contributed by atoms with Gasteiger partial charge in [0.05, 0.1) is 6.54 Å². The number of alkyl halides is 2. The van der Waals surface area contributed by atoms with Gasteiger partial charge in [-0.25, -0.2) is 4.98 Å². The van der Waals surface area contributed by atoms with Gasteiger partial charge in [0, 0.05) is 11.1 Å². The van der Waals surface area contributed by atoms with Crippen molar-refractivity contribution in [2.45, 2.75) is 12.8 Å². The minimum atomic E-state index is -3.54. The molecule has 0 aliphatic heterocycles. The molecule has 1 aromatic rings. The molecule has 1 amide bonds. The van der Waals surface area contributed by atoms with Gasteiger partial charge in [0.2, 0.25) is 0 Å². The van der Waals surface area contributed by atoms with Crippen molar-refractivity contribution in [3.63, 3.8) is 0 Å². The third-order valence-corrected chi connectivity index (χ3v) is 2.26. The summed E-state index contributed by atoms with van der Waals surface area (Å²) in [6.07, 6.45) is 1.49. The van der Waals surface area contributed by atoms with E-state index in [0.29, 0.717) is 0 Å². The molecule has 14 heavy (non-hydrogen) atoms. The number of carbonyl (C=O) groups is 1. The molecule has 1 rings (SSSR count). The predicted octanol–water partition coefficient (Wildman–Crippen LogP) is 0.984. The third-order valence-electron chi connectivity index (χ3n) is 1.43. The number of hydrogen-bond acceptors (Lipinski definition) is 4. The predicted molar refractivity (Wildman–Crippen MR) is 49.5 cm³/mol. The average molecular weight is 221 g/mol. The number of anilines is 1. The van der Waals surface area contributed by atoms with Gasteiger partial charge in [0.1, 0.15) is 0 Å². The maximum Gasteiger partial charge on any atom is 0.336 e. The minimum absolute atomic E-state index is 0.153. The van der Waals surface area contributed by atoms with Crippen LogP contribution in [0.1, 0.15) is 4.88 Å². The van der Waals surface area contributed by atoms with Crippen molar-refractivity contribution in [2.75, 3.05) is 11.9 Å². The fourth-order valence-corrected chi connectivity index (χ4v) is 1.35. The molecule has 78 valence electrons. The van der Waals surface area contributed by atoms with E-state index in [1.807, 2.05) is 5.32 Å². The molecule has 0 aromatic carbocycles. The molecule has 0 saturated carbocycles. The van der Waals surface area contributed by atoms with E-state index in [1.165, 1.54) is 6.20 Å². The minimum Gasteiger partial charge on any atom is -0.325 e. The lowest BCUT2D eigenvalue weighted by Gasteiger charge is -2.11. The molecule has 7 heteroatoms. The fourth-order valence-electron chi connectivity index (χ4n) is 0.694. The fraction of sp³-hybridized carbons (Fsp3) is 0.429. The molecule has 0 bridgehead atoms. The molecule has 0 radical (unpaired) electrons. The lowest BCUT2D eigenvalue weighted by Crippen LogP contribution is -2.41. The second kappa shape index (κ2) is 3.97. The van der Waals surface area contributed by atoms with Crippen LogP contribution in [-0.4, -0.2) is 23.4 Å². The smallest absolute Gasteiger partial charge is 0.325 e. The SMILES string of the molecule is Cc1cnc(NC(=O)C(F)(F)CN)s1. The van der Waals surface area contributed by atoms with Crippen LogP contribution in [0.25, 0.3) is 0 Å². The first-order chi connectivity index (χ1) is 6.45. The molecule has 4 nitrogen and oxygen atoms in total. The summed E-state index contributed by atoms with van der Waals surface area (Å²) in [6, 6.07) is 0. The van der Waals surface area contributed by atoms with Crippen molar-refractivity contribution in [1.82, 2.24) is 4.98 Å². The van der Waals surface area contributed by atoms with E-state index in [1.54, 1.807) is 6.92 Å². The molecular weight excluding hydrogens is 212 g/mol. The summed E-state index contributed by atoms with van der Waals surface area (Å²) in [6.45, 7) is 0.748. The average Bonchev–Trinajstić information content (AvgIpc) is 2.51. The maximum absolute atomic E-state index is 12.7. The van der Waals surface area contributed by atoms with E-state index in [9.17, 15) is 13.6 Å².